The first-order valence-corrected chi connectivity index (χ1v) is 8.31. The lowest BCUT2D eigenvalue weighted by Crippen LogP contribution is -2.56. The van der Waals surface area contributed by atoms with E-state index in [1.165, 1.54) is 11.1 Å². The van der Waals surface area contributed by atoms with Crippen LogP contribution in [-0.2, 0) is 20.9 Å². The van der Waals surface area contributed by atoms with Gasteiger partial charge in [-0.2, -0.15) is 0 Å². The Morgan fingerprint density at radius 1 is 1.26 bits per heavy atom. The molecule has 23 heavy (non-hydrogen) atoms. The lowest BCUT2D eigenvalue weighted by atomic mass is 10.0. The molecule has 124 valence electrons. The summed E-state index contributed by atoms with van der Waals surface area (Å²) < 4.78 is 5.88. The minimum Gasteiger partial charge on any atom is -0.370 e. The number of carbonyl (C=O) groups excluding carboxylic acids is 2. The quantitative estimate of drug-likeness (QED) is 0.829. The van der Waals surface area contributed by atoms with Crippen molar-refractivity contribution in [3.05, 3.63) is 35.4 Å². The third-order valence-corrected chi connectivity index (χ3v) is 4.84. The number of ether oxygens (including phenoxy) is 1. The maximum Gasteiger partial charge on any atom is 0.228 e. The number of amides is 2. The molecule has 0 radical (unpaired) electrons. The number of carbonyl (C=O) groups is 2. The molecule has 0 spiro atoms. The molecule has 0 N–H and O–H groups in total. The van der Waals surface area contributed by atoms with E-state index in [9.17, 15) is 9.59 Å². The van der Waals surface area contributed by atoms with Gasteiger partial charge in [0.2, 0.25) is 11.8 Å². The van der Waals surface area contributed by atoms with Crippen LogP contribution in [-0.4, -0.2) is 53.9 Å². The van der Waals surface area contributed by atoms with E-state index in [1.54, 1.807) is 4.90 Å². The summed E-state index contributed by atoms with van der Waals surface area (Å²) >= 11 is 0. The lowest BCUT2D eigenvalue weighted by molar-refractivity contribution is -0.150. The van der Waals surface area contributed by atoms with Crippen LogP contribution < -0.4 is 0 Å². The first-order chi connectivity index (χ1) is 11.1. The molecular weight excluding hydrogens is 292 g/mol. The molecule has 1 aromatic rings. The van der Waals surface area contributed by atoms with Gasteiger partial charge in [0.05, 0.1) is 18.6 Å². The Kier molecular flexibility index (Phi) is 4.66. The molecule has 5 nitrogen and oxygen atoms in total. The summed E-state index contributed by atoms with van der Waals surface area (Å²) in [5.41, 5.74) is 2.42. The fourth-order valence-corrected chi connectivity index (χ4v) is 3.20. The molecule has 2 aliphatic rings. The van der Waals surface area contributed by atoms with E-state index in [0.717, 1.165) is 0 Å². The standard InChI is InChI=1S/C18H24N2O3/c1-3-19-9-15(8-17(19)21)18(22)20-10-16(11-20)23-12-14-7-5-4-6-13(14)2/h4-7,15-16H,3,8-12H2,1-2H3/t15-/m0/s1. The number of rotatable bonds is 5. The maximum absolute atomic E-state index is 12.4. The number of benzene rings is 1. The highest BCUT2D eigenvalue weighted by Crippen LogP contribution is 2.24. The van der Waals surface area contributed by atoms with Gasteiger partial charge in [-0.25, -0.2) is 0 Å². The normalized spacial score (nSPS) is 21.7. The molecule has 0 saturated carbocycles. The molecule has 1 aromatic carbocycles. The number of likely N-dealkylation sites (tertiary alicyclic amines) is 2. The second kappa shape index (κ2) is 6.71. The van der Waals surface area contributed by atoms with Gasteiger partial charge in [0.1, 0.15) is 0 Å². The first kappa shape index (κ1) is 16.0. The Morgan fingerprint density at radius 3 is 2.65 bits per heavy atom. The molecule has 2 aliphatic heterocycles. The summed E-state index contributed by atoms with van der Waals surface area (Å²) in [6, 6.07) is 8.18. The van der Waals surface area contributed by atoms with Crippen molar-refractivity contribution in [2.45, 2.75) is 33.0 Å². The average Bonchev–Trinajstić information content (AvgIpc) is 2.88. The van der Waals surface area contributed by atoms with Gasteiger partial charge in [0.25, 0.3) is 0 Å². The van der Waals surface area contributed by atoms with Crippen LogP contribution in [0.1, 0.15) is 24.5 Å². The summed E-state index contributed by atoms with van der Waals surface area (Å²) in [5.74, 6) is 0.0311. The molecule has 2 heterocycles. The van der Waals surface area contributed by atoms with Gasteiger partial charge in [-0.15, -0.1) is 0 Å². The van der Waals surface area contributed by atoms with Crippen molar-refractivity contribution in [3.8, 4) is 0 Å². The fraction of sp³-hybridized carbons (Fsp3) is 0.556. The van der Waals surface area contributed by atoms with Crippen molar-refractivity contribution in [3.63, 3.8) is 0 Å². The topological polar surface area (TPSA) is 49.9 Å². The molecule has 0 bridgehead atoms. The van der Waals surface area contributed by atoms with Gasteiger partial charge in [-0.05, 0) is 25.0 Å². The van der Waals surface area contributed by atoms with Crippen LogP contribution in [0.4, 0.5) is 0 Å². The van der Waals surface area contributed by atoms with Crippen LogP contribution in [0.25, 0.3) is 0 Å². The van der Waals surface area contributed by atoms with E-state index in [1.807, 2.05) is 24.0 Å². The third kappa shape index (κ3) is 3.39. The van der Waals surface area contributed by atoms with Crippen molar-refractivity contribution in [2.24, 2.45) is 5.92 Å². The van der Waals surface area contributed by atoms with Gasteiger partial charge in [0, 0.05) is 32.6 Å². The summed E-state index contributed by atoms with van der Waals surface area (Å²) in [4.78, 5) is 27.7. The average molecular weight is 316 g/mol. The molecule has 0 aliphatic carbocycles. The molecule has 5 heteroatoms. The summed E-state index contributed by atoms with van der Waals surface area (Å²) in [7, 11) is 0. The van der Waals surface area contributed by atoms with E-state index in [2.05, 4.69) is 19.1 Å². The fourth-order valence-electron chi connectivity index (χ4n) is 3.20. The first-order valence-electron chi connectivity index (χ1n) is 8.31. The van der Waals surface area contributed by atoms with Crippen LogP contribution >= 0.6 is 0 Å². The predicted octanol–water partition coefficient (Wildman–Crippen LogP) is 1.59. The van der Waals surface area contributed by atoms with E-state index >= 15 is 0 Å². The third-order valence-electron chi connectivity index (χ3n) is 4.84. The van der Waals surface area contributed by atoms with E-state index in [0.29, 0.717) is 39.2 Å². The Hall–Kier alpha value is -1.88. The van der Waals surface area contributed by atoms with Crippen LogP contribution in [0.3, 0.4) is 0 Å². The molecule has 2 saturated heterocycles. The Morgan fingerprint density at radius 2 is 2.00 bits per heavy atom. The van der Waals surface area contributed by atoms with Gasteiger partial charge >= 0.3 is 0 Å². The Bertz CT molecular complexity index is 596. The van der Waals surface area contributed by atoms with Crippen molar-refractivity contribution >= 4 is 11.8 Å². The van der Waals surface area contributed by atoms with Crippen LogP contribution in [0.2, 0.25) is 0 Å². The lowest BCUT2D eigenvalue weighted by Gasteiger charge is -2.40. The van der Waals surface area contributed by atoms with Crippen LogP contribution in [0.15, 0.2) is 24.3 Å². The highest BCUT2D eigenvalue weighted by molar-refractivity contribution is 5.89. The Balaban J connectivity index is 1.43. The monoisotopic (exact) mass is 316 g/mol. The van der Waals surface area contributed by atoms with E-state index < -0.39 is 0 Å². The molecule has 1 atom stereocenters. The highest BCUT2D eigenvalue weighted by atomic mass is 16.5. The molecular formula is C18H24N2O3. The predicted molar refractivity (Wildman–Crippen MR) is 86.7 cm³/mol. The molecule has 0 unspecified atom stereocenters. The van der Waals surface area contributed by atoms with Gasteiger partial charge < -0.3 is 14.5 Å². The highest BCUT2D eigenvalue weighted by Gasteiger charge is 2.40. The van der Waals surface area contributed by atoms with Crippen molar-refractivity contribution in [1.29, 1.82) is 0 Å². The van der Waals surface area contributed by atoms with Crippen LogP contribution in [0.5, 0.6) is 0 Å². The zero-order valence-electron chi connectivity index (χ0n) is 13.8. The maximum atomic E-state index is 12.4. The number of hydrogen-bond donors (Lipinski definition) is 0. The number of aryl methyl sites for hydroxylation is 1. The SMILES string of the molecule is CCN1C[C@@H](C(=O)N2CC(OCc3ccccc3C)C2)CC1=O. The largest absolute Gasteiger partial charge is 0.370 e. The number of hydrogen-bond acceptors (Lipinski definition) is 3. The molecule has 3 rings (SSSR count). The number of nitrogens with zero attached hydrogens (tertiary/aromatic N) is 2. The smallest absolute Gasteiger partial charge is 0.228 e. The van der Waals surface area contributed by atoms with Crippen molar-refractivity contribution in [2.75, 3.05) is 26.2 Å². The summed E-state index contributed by atoms with van der Waals surface area (Å²) in [6.07, 6.45) is 0.468. The van der Waals surface area contributed by atoms with Gasteiger partial charge in [0.15, 0.2) is 0 Å². The van der Waals surface area contributed by atoms with Crippen molar-refractivity contribution in [1.82, 2.24) is 9.80 Å². The van der Waals surface area contributed by atoms with Crippen molar-refractivity contribution < 1.29 is 14.3 Å². The second-order valence-electron chi connectivity index (χ2n) is 6.44. The second-order valence-corrected chi connectivity index (χ2v) is 6.44. The van der Waals surface area contributed by atoms with E-state index in [4.69, 9.17) is 4.74 Å². The zero-order chi connectivity index (χ0) is 16.4. The van der Waals surface area contributed by atoms with Crippen LogP contribution in [0, 0.1) is 12.8 Å². The van der Waals surface area contributed by atoms with Gasteiger partial charge in [-0.3, -0.25) is 9.59 Å². The zero-order valence-corrected chi connectivity index (χ0v) is 13.8. The Labute approximate surface area is 137 Å². The summed E-state index contributed by atoms with van der Waals surface area (Å²) in [5, 5.41) is 0. The minimum atomic E-state index is -0.167. The molecule has 2 fully saturated rings. The van der Waals surface area contributed by atoms with E-state index in [-0.39, 0.29) is 23.8 Å². The molecule has 0 aromatic heterocycles. The summed E-state index contributed by atoms with van der Waals surface area (Å²) in [6.45, 7) is 7.15. The minimum absolute atomic E-state index is 0.0960. The van der Waals surface area contributed by atoms with Gasteiger partial charge in [-0.1, -0.05) is 24.3 Å². The molecule has 2 amide bonds.